The Morgan fingerprint density at radius 1 is 1.47 bits per heavy atom. The van der Waals surface area contributed by atoms with Crippen LogP contribution in [0.1, 0.15) is 26.2 Å². The van der Waals surface area contributed by atoms with Crippen molar-refractivity contribution < 1.29 is 4.79 Å². The third-order valence-corrected chi connectivity index (χ3v) is 2.99. The summed E-state index contributed by atoms with van der Waals surface area (Å²) in [5.41, 5.74) is 0. The van der Waals surface area contributed by atoms with E-state index in [-0.39, 0.29) is 11.9 Å². The summed E-state index contributed by atoms with van der Waals surface area (Å²) < 4.78 is 0. The lowest BCUT2D eigenvalue weighted by molar-refractivity contribution is -0.127. The number of rotatable bonds is 5. The van der Waals surface area contributed by atoms with Gasteiger partial charge in [-0.25, -0.2) is 0 Å². The summed E-state index contributed by atoms with van der Waals surface area (Å²) in [5.74, 6) is 0.172. The molecule has 2 N–H and O–H groups in total. The number of amides is 1. The molecule has 0 bridgehead atoms. The summed E-state index contributed by atoms with van der Waals surface area (Å²) in [6, 6.07) is 0.0995. The number of carbonyl (C=O) groups is 1. The first-order valence-corrected chi connectivity index (χ1v) is 5.96. The van der Waals surface area contributed by atoms with Crippen molar-refractivity contribution in [1.29, 1.82) is 0 Å². The zero-order valence-corrected chi connectivity index (χ0v) is 9.88. The number of nitrogens with one attached hydrogen (secondary N) is 2. The van der Waals surface area contributed by atoms with Crippen LogP contribution in [0.5, 0.6) is 0 Å². The summed E-state index contributed by atoms with van der Waals surface area (Å²) in [6.07, 6.45) is 3.40. The molecule has 15 heavy (non-hydrogen) atoms. The van der Waals surface area contributed by atoms with Gasteiger partial charge in [0.05, 0.1) is 6.04 Å². The van der Waals surface area contributed by atoms with E-state index >= 15 is 0 Å². The Bertz CT molecular complexity index is 196. The first kappa shape index (κ1) is 12.5. The van der Waals surface area contributed by atoms with Crippen molar-refractivity contribution in [2.75, 3.05) is 33.2 Å². The molecule has 88 valence electrons. The topological polar surface area (TPSA) is 44.4 Å². The van der Waals surface area contributed by atoms with E-state index in [1.54, 1.807) is 7.05 Å². The predicted octanol–water partition coefficient (Wildman–Crippen LogP) is 0.196. The Kier molecular flexibility index (Phi) is 5.65. The van der Waals surface area contributed by atoms with Gasteiger partial charge in [-0.1, -0.05) is 13.3 Å². The van der Waals surface area contributed by atoms with Gasteiger partial charge < -0.3 is 10.6 Å². The lowest BCUT2D eigenvalue weighted by Gasteiger charge is -2.34. The largest absolute Gasteiger partial charge is 0.358 e. The minimum atomic E-state index is 0.0995. The smallest absolute Gasteiger partial charge is 0.237 e. The van der Waals surface area contributed by atoms with Gasteiger partial charge in [0.1, 0.15) is 0 Å². The van der Waals surface area contributed by atoms with Gasteiger partial charge in [-0.05, 0) is 25.9 Å². The van der Waals surface area contributed by atoms with Crippen molar-refractivity contribution >= 4 is 5.91 Å². The third kappa shape index (κ3) is 3.80. The van der Waals surface area contributed by atoms with Crippen LogP contribution < -0.4 is 10.6 Å². The van der Waals surface area contributed by atoms with E-state index in [0.717, 1.165) is 32.6 Å². The highest BCUT2D eigenvalue weighted by Crippen LogP contribution is 2.16. The maximum atomic E-state index is 11.6. The molecule has 1 atom stereocenters. The van der Waals surface area contributed by atoms with E-state index in [2.05, 4.69) is 22.5 Å². The molecule has 4 heteroatoms. The first-order chi connectivity index (χ1) is 7.29. The summed E-state index contributed by atoms with van der Waals surface area (Å²) in [5, 5.41) is 6.05. The zero-order valence-electron chi connectivity index (χ0n) is 9.88. The van der Waals surface area contributed by atoms with E-state index in [1.807, 2.05) is 0 Å². The fourth-order valence-electron chi connectivity index (χ4n) is 2.12. The number of likely N-dealkylation sites (tertiary alicyclic amines) is 1. The zero-order chi connectivity index (χ0) is 11.1. The molecule has 1 unspecified atom stereocenters. The molecule has 0 saturated carbocycles. The maximum absolute atomic E-state index is 11.6. The molecular formula is C11H23N3O. The molecule has 1 aliphatic heterocycles. The summed E-state index contributed by atoms with van der Waals surface area (Å²) in [6.45, 7) is 6.12. The molecular weight excluding hydrogens is 190 g/mol. The van der Waals surface area contributed by atoms with E-state index in [9.17, 15) is 4.79 Å². The minimum absolute atomic E-state index is 0.0995. The van der Waals surface area contributed by atoms with Crippen LogP contribution in [0, 0.1) is 0 Å². The van der Waals surface area contributed by atoms with Crippen LogP contribution in [0.15, 0.2) is 0 Å². The Hall–Kier alpha value is -0.610. The van der Waals surface area contributed by atoms with Crippen LogP contribution in [0.2, 0.25) is 0 Å². The van der Waals surface area contributed by atoms with Gasteiger partial charge in [0.15, 0.2) is 0 Å². The monoisotopic (exact) mass is 213 g/mol. The molecule has 1 heterocycles. The number of carbonyl (C=O) groups excluding carboxylic acids is 1. The van der Waals surface area contributed by atoms with E-state index in [0.29, 0.717) is 0 Å². The SMILES string of the molecule is CCNCCN1CCCCC1C(=O)NC. The molecule has 1 fully saturated rings. The normalized spacial score (nSPS) is 22.7. The molecule has 0 aromatic heterocycles. The molecule has 0 spiro atoms. The summed E-state index contributed by atoms with van der Waals surface area (Å²) in [4.78, 5) is 13.9. The fourth-order valence-corrected chi connectivity index (χ4v) is 2.12. The van der Waals surface area contributed by atoms with Gasteiger partial charge in [0.2, 0.25) is 5.91 Å². The number of hydrogen-bond donors (Lipinski definition) is 2. The molecule has 1 aliphatic rings. The average Bonchev–Trinajstić information content (AvgIpc) is 2.29. The Morgan fingerprint density at radius 3 is 2.93 bits per heavy atom. The van der Waals surface area contributed by atoms with Crippen LogP contribution in [0.4, 0.5) is 0 Å². The van der Waals surface area contributed by atoms with Gasteiger partial charge >= 0.3 is 0 Å². The maximum Gasteiger partial charge on any atom is 0.237 e. The van der Waals surface area contributed by atoms with Crippen LogP contribution >= 0.6 is 0 Å². The molecule has 0 aliphatic carbocycles. The predicted molar refractivity (Wildman–Crippen MR) is 61.8 cm³/mol. The van der Waals surface area contributed by atoms with Gasteiger partial charge in [-0.3, -0.25) is 9.69 Å². The van der Waals surface area contributed by atoms with Crippen molar-refractivity contribution in [3.05, 3.63) is 0 Å². The standard InChI is InChI=1S/C11H23N3O/c1-3-13-7-9-14-8-5-4-6-10(14)11(15)12-2/h10,13H,3-9H2,1-2H3,(H,12,15). The molecule has 0 aromatic rings. The highest BCUT2D eigenvalue weighted by atomic mass is 16.2. The number of likely N-dealkylation sites (N-methyl/N-ethyl adjacent to an activating group) is 2. The van der Waals surface area contributed by atoms with Crippen LogP contribution in [-0.4, -0.2) is 50.1 Å². The van der Waals surface area contributed by atoms with Gasteiger partial charge in [0.25, 0.3) is 0 Å². The van der Waals surface area contributed by atoms with Crippen molar-refractivity contribution in [2.45, 2.75) is 32.2 Å². The van der Waals surface area contributed by atoms with Crippen molar-refractivity contribution in [3.8, 4) is 0 Å². The second kappa shape index (κ2) is 6.80. The van der Waals surface area contributed by atoms with Gasteiger partial charge in [-0.2, -0.15) is 0 Å². The molecule has 0 aromatic carbocycles. The first-order valence-electron chi connectivity index (χ1n) is 5.96. The summed E-state index contributed by atoms with van der Waals surface area (Å²) in [7, 11) is 1.72. The van der Waals surface area contributed by atoms with Crippen LogP contribution in [-0.2, 0) is 4.79 Å². The lowest BCUT2D eigenvalue weighted by Crippen LogP contribution is -2.50. The highest BCUT2D eigenvalue weighted by molar-refractivity contribution is 5.81. The molecule has 0 radical (unpaired) electrons. The number of piperidine rings is 1. The molecule has 1 saturated heterocycles. The van der Waals surface area contributed by atoms with E-state index in [4.69, 9.17) is 0 Å². The lowest BCUT2D eigenvalue weighted by atomic mass is 10.0. The molecule has 1 rings (SSSR count). The Labute approximate surface area is 92.4 Å². The van der Waals surface area contributed by atoms with E-state index in [1.165, 1.54) is 12.8 Å². The second-order valence-electron chi connectivity index (χ2n) is 4.02. The third-order valence-electron chi connectivity index (χ3n) is 2.99. The van der Waals surface area contributed by atoms with Crippen molar-refractivity contribution in [2.24, 2.45) is 0 Å². The number of hydrogen-bond acceptors (Lipinski definition) is 3. The van der Waals surface area contributed by atoms with Crippen molar-refractivity contribution in [3.63, 3.8) is 0 Å². The Balaban J connectivity index is 2.39. The van der Waals surface area contributed by atoms with Crippen LogP contribution in [0.3, 0.4) is 0 Å². The molecule has 1 amide bonds. The van der Waals surface area contributed by atoms with Gasteiger partial charge in [0, 0.05) is 20.1 Å². The quantitative estimate of drug-likeness (QED) is 0.641. The van der Waals surface area contributed by atoms with E-state index < -0.39 is 0 Å². The van der Waals surface area contributed by atoms with Crippen molar-refractivity contribution in [1.82, 2.24) is 15.5 Å². The van der Waals surface area contributed by atoms with Gasteiger partial charge in [-0.15, -0.1) is 0 Å². The number of nitrogens with zero attached hydrogens (tertiary/aromatic N) is 1. The Morgan fingerprint density at radius 2 is 2.27 bits per heavy atom. The van der Waals surface area contributed by atoms with Crippen LogP contribution in [0.25, 0.3) is 0 Å². The molecule has 4 nitrogen and oxygen atoms in total. The minimum Gasteiger partial charge on any atom is -0.358 e. The fraction of sp³-hybridized carbons (Fsp3) is 0.909. The second-order valence-corrected chi connectivity index (χ2v) is 4.02. The summed E-state index contributed by atoms with van der Waals surface area (Å²) >= 11 is 0. The average molecular weight is 213 g/mol. The highest BCUT2D eigenvalue weighted by Gasteiger charge is 2.27.